The van der Waals surface area contributed by atoms with Crippen LogP contribution in [0.15, 0.2) is 18.2 Å². The van der Waals surface area contributed by atoms with Gasteiger partial charge in [0.1, 0.15) is 6.04 Å². The van der Waals surface area contributed by atoms with Crippen molar-refractivity contribution in [3.63, 3.8) is 0 Å². The Morgan fingerprint density at radius 2 is 2.08 bits per heavy atom. The summed E-state index contributed by atoms with van der Waals surface area (Å²) in [6, 6.07) is 4.95. The lowest BCUT2D eigenvalue weighted by atomic mass is 10.0. The highest BCUT2D eigenvalue weighted by atomic mass is 35.5. The number of nitrogens with one attached hydrogen (secondary N) is 2. The third kappa shape index (κ3) is 3.37. The van der Waals surface area contributed by atoms with Crippen molar-refractivity contribution in [2.24, 2.45) is 5.73 Å². The smallest absolute Gasteiger partial charge is 0.255 e. The van der Waals surface area contributed by atoms with Gasteiger partial charge in [0.15, 0.2) is 0 Å². The third-order valence-electron chi connectivity index (χ3n) is 4.28. The molecule has 1 aromatic rings. The molecule has 0 aliphatic carbocycles. The van der Waals surface area contributed by atoms with Crippen molar-refractivity contribution in [1.82, 2.24) is 10.2 Å². The van der Waals surface area contributed by atoms with Crippen molar-refractivity contribution in [3.05, 3.63) is 29.3 Å². The first-order valence-corrected chi connectivity index (χ1v) is 7.82. The maximum atomic E-state index is 12.6. The van der Waals surface area contributed by atoms with Crippen LogP contribution in [-0.2, 0) is 16.1 Å². The highest BCUT2D eigenvalue weighted by Crippen LogP contribution is 2.32. The largest absolute Gasteiger partial charge is 0.385 e. The average molecular weight is 353 g/mol. The summed E-state index contributed by atoms with van der Waals surface area (Å²) in [5.41, 5.74) is 7.92. The van der Waals surface area contributed by atoms with Gasteiger partial charge in [0.05, 0.1) is 0 Å². The van der Waals surface area contributed by atoms with Crippen LogP contribution in [0.3, 0.4) is 0 Å². The molecule has 0 bridgehead atoms. The van der Waals surface area contributed by atoms with E-state index in [-0.39, 0.29) is 36.5 Å². The van der Waals surface area contributed by atoms with Gasteiger partial charge in [-0.1, -0.05) is 6.07 Å². The predicted octanol–water partition coefficient (Wildman–Crippen LogP) is 0.630. The van der Waals surface area contributed by atoms with Crippen LogP contribution in [0.2, 0.25) is 0 Å². The summed E-state index contributed by atoms with van der Waals surface area (Å²) in [5.74, 6) is -0.823. The van der Waals surface area contributed by atoms with Crippen LogP contribution >= 0.6 is 12.4 Å². The Morgan fingerprint density at radius 1 is 1.29 bits per heavy atom. The van der Waals surface area contributed by atoms with Crippen LogP contribution in [0.5, 0.6) is 0 Å². The minimum absolute atomic E-state index is 0. The number of carbonyl (C=O) groups is 3. The number of hydrogen-bond donors (Lipinski definition) is 3. The first kappa shape index (κ1) is 18.2. The van der Waals surface area contributed by atoms with Gasteiger partial charge in [-0.15, -0.1) is 12.4 Å². The van der Waals surface area contributed by atoms with Crippen molar-refractivity contribution in [3.8, 4) is 0 Å². The van der Waals surface area contributed by atoms with E-state index in [4.69, 9.17) is 5.73 Å². The standard InChI is InChI=1S/C16H20N4O3.ClH/c17-7-2-8-18-12-4-1-3-10-11(12)9-20(16(10)23)13-5-6-14(21)19-15(13)22;/h1,3-4,13,18H,2,5-9,17H2,(H,19,21,22);1H. The molecule has 0 aromatic heterocycles. The van der Waals surface area contributed by atoms with Crippen LogP contribution in [0.4, 0.5) is 5.69 Å². The molecule has 24 heavy (non-hydrogen) atoms. The second kappa shape index (κ2) is 7.63. The molecule has 3 rings (SSSR count). The number of nitrogens with zero attached hydrogens (tertiary/aromatic N) is 1. The highest BCUT2D eigenvalue weighted by Gasteiger charge is 2.39. The van der Waals surface area contributed by atoms with E-state index in [1.165, 1.54) is 0 Å². The van der Waals surface area contributed by atoms with E-state index in [1.807, 2.05) is 12.1 Å². The number of benzene rings is 1. The highest BCUT2D eigenvalue weighted by molar-refractivity contribution is 6.06. The van der Waals surface area contributed by atoms with Crippen LogP contribution in [0.25, 0.3) is 0 Å². The maximum Gasteiger partial charge on any atom is 0.255 e. The lowest BCUT2D eigenvalue weighted by Gasteiger charge is -2.29. The van der Waals surface area contributed by atoms with E-state index in [0.717, 1.165) is 24.2 Å². The molecule has 1 saturated heterocycles. The number of piperidine rings is 1. The lowest BCUT2D eigenvalue weighted by Crippen LogP contribution is -2.52. The van der Waals surface area contributed by atoms with Gasteiger partial charge in [0.2, 0.25) is 11.8 Å². The molecule has 1 atom stereocenters. The molecule has 2 aliphatic heterocycles. The zero-order chi connectivity index (χ0) is 16.4. The van der Waals surface area contributed by atoms with E-state index >= 15 is 0 Å². The first-order valence-electron chi connectivity index (χ1n) is 7.82. The molecule has 1 unspecified atom stereocenters. The van der Waals surface area contributed by atoms with Gasteiger partial charge >= 0.3 is 0 Å². The molecule has 2 heterocycles. The molecule has 0 radical (unpaired) electrons. The van der Waals surface area contributed by atoms with Crippen molar-refractivity contribution in [2.45, 2.75) is 31.8 Å². The van der Waals surface area contributed by atoms with Crippen LogP contribution < -0.4 is 16.4 Å². The molecule has 3 amide bonds. The topological polar surface area (TPSA) is 105 Å². The molecule has 0 spiro atoms. The molecule has 7 nitrogen and oxygen atoms in total. The van der Waals surface area contributed by atoms with Gasteiger partial charge in [-0.05, 0) is 31.5 Å². The Kier molecular flexibility index (Phi) is 5.80. The van der Waals surface area contributed by atoms with Crippen molar-refractivity contribution < 1.29 is 14.4 Å². The number of anilines is 1. The monoisotopic (exact) mass is 352 g/mol. The summed E-state index contributed by atoms with van der Waals surface area (Å²) in [4.78, 5) is 37.5. The summed E-state index contributed by atoms with van der Waals surface area (Å²) < 4.78 is 0. The SMILES string of the molecule is Cl.NCCCNc1cccc2c1CN(C1CCC(=O)NC1=O)C2=O. The molecular weight excluding hydrogens is 332 g/mol. The van der Waals surface area contributed by atoms with Crippen LogP contribution in [0.1, 0.15) is 35.2 Å². The summed E-state index contributed by atoms with van der Waals surface area (Å²) in [5, 5.41) is 5.60. The molecule has 0 saturated carbocycles. The summed E-state index contributed by atoms with van der Waals surface area (Å²) in [6.45, 7) is 1.72. The Bertz CT molecular complexity index is 665. The number of imide groups is 1. The summed E-state index contributed by atoms with van der Waals surface area (Å²) >= 11 is 0. The molecule has 1 aromatic carbocycles. The number of halogens is 1. The van der Waals surface area contributed by atoms with Gasteiger partial charge in [-0.25, -0.2) is 0 Å². The van der Waals surface area contributed by atoms with Crippen LogP contribution in [0, 0.1) is 0 Å². The van der Waals surface area contributed by atoms with E-state index in [1.54, 1.807) is 11.0 Å². The molecule has 2 aliphatic rings. The minimum Gasteiger partial charge on any atom is -0.385 e. The zero-order valence-electron chi connectivity index (χ0n) is 13.2. The number of carbonyl (C=O) groups excluding carboxylic acids is 3. The maximum absolute atomic E-state index is 12.6. The molecule has 1 fully saturated rings. The fourth-order valence-corrected chi connectivity index (χ4v) is 3.08. The van der Waals surface area contributed by atoms with Crippen molar-refractivity contribution >= 4 is 35.8 Å². The Morgan fingerprint density at radius 3 is 2.79 bits per heavy atom. The Labute approximate surface area is 146 Å². The van der Waals surface area contributed by atoms with Gasteiger partial charge < -0.3 is 16.0 Å². The second-order valence-corrected chi connectivity index (χ2v) is 5.80. The quantitative estimate of drug-likeness (QED) is 0.532. The Hall–Kier alpha value is -2.12. The number of fused-ring (bicyclic) bond motifs is 1. The lowest BCUT2D eigenvalue weighted by molar-refractivity contribution is -0.136. The Balaban J connectivity index is 0.00000208. The van der Waals surface area contributed by atoms with Crippen molar-refractivity contribution in [1.29, 1.82) is 0 Å². The van der Waals surface area contributed by atoms with E-state index < -0.39 is 6.04 Å². The van der Waals surface area contributed by atoms with Gasteiger partial charge in [-0.3, -0.25) is 19.7 Å². The number of hydrogen-bond acceptors (Lipinski definition) is 5. The first-order chi connectivity index (χ1) is 11.1. The van der Waals surface area contributed by atoms with Gasteiger partial charge in [0, 0.05) is 36.3 Å². The zero-order valence-corrected chi connectivity index (χ0v) is 14.0. The van der Waals surface area contributed by atoms with E-state index in [2.05, 4.69) is 10.6 Å². The second-order valence-electron chi connectivity index (χ2n) is 5.80. The van der Waals surface area contributed by atoms with Crippen molar-refractivity contribution in [2.75, 3.05) is 18.4 Å². The van der Waals surface area contributed by atoms with Gasteiger partial charge in [-0.2, -0.15) is 0 Å². The fourth-order valence-electron chi connectivity index (χ4n) is 3.08. The number of nitrogens with two attached hydrogens (primary N) is 1. The summed E-state index contributed by atoms with van der Waals surface area (Å²) in [7, 11) is 0. The van der Waals surface area contributed by atoms with E-state index in [0.29, 0.717) is 25.1 Å². The molecule has 8 heteroatoms. The molecular formula is C16H21ClN4O3. The summed E-state index contributed by atoms with van der Waals surface area (Å²) in [6.07, 6.45) is 1.48. The fraction of sp³-hybridized carbons (Fsp3) is 0.438. The van der Waals surface area contributed by atoms with Gasteiger partial charge in [0.25, 0.3) is 5.91 Å². The molecule has 4 N–H and O–H groups in total. The number of amides is 3. The minimum atomic E-state index is -0.579. The number of rotatable bonds is 5. The van der Waals surface area contributed by atoms with Crippen LogP contribution in [-0.4, -0.2) is 41.8 Å². The molecule has 130 valence electrons. The third-order valence-corrected chi connectivity index (χ3v) is 4.28. The normalized spacial score (nSPS) is 19.6. The predicted molar refractivity (Wildman–Crippen MR) is 91.9 cm³/mol. The van der Waals surface area contributed by atoms with E-state index in [9.17, 15) is 14.4 Å². The average Bonchev–Trinajstić information content (AvgIpc) is 2.86.